The molecule has 1 aromatic carbocycles. The smallest absolute Gasteiger partial charge is 0.451 e. The Morgan fingerprint density at radius 3 is 2.37 bits per heavy atom. The molecular formula is C23H25F3N6O3. The molecule has 12 heteroatoms. The second-order valence-electron chi connectivity index (χ2n) is 8.77. The van der Waals surface area contributed by atoms with Crippen molar-refractivity contribution in [1.29, 1.82) is 0 Å². The Morgan fingerprint density at radius 1 is 0.943 bits per heavy atom. The molecule has 0 saturated carbocycles. The summed E-state index contributed by atoms with van der Waals surface area (Å²) in [7, 11) is 0. The van der Waals surface area contributed by atoms with E-state index in [9.17, 15) is 23.1 Å². The first-order valence-corrected chi connectivity index (χ1v) is 11.4. The molecule has 35 heavy (non-hydrogen) atoms. The standard InChI is InChI=1S/C23H25F3N6O3/c24-23(25,26)22-28-27-19-14-30(8-11-32(19)22)13-18-20(33)16(15-35-21(18)34)12-29-6-9-31(10-7-29)17-4-2-1-3-5-17/h1-5,15,33H,6-14H2. The van der Waals surface area contributed by atoms with Crippen LogP contribution in [0.5, 0.6) is 5.75 Å². The second kappa shape index (κ2) is 9.34. The van der Waals surface area contributed by atoms with Crippen molar-refractivity contribution in [1.82, 2.24) is 24.6 Å². The zero-order chi connectivity index (χ0) is 24.6. The van der Waals surface area contributed by atoms with Crippen molar-refractivity contribution in [3.63, 3.8) is 0 Å². The van der Waals surface area contributed by atoms with Gasteiger partial charge in [0.2, 0.25) is 5.82 Å². The van der Waals surface area contributed by atoms with Gasteiger partial charge in [-0.25, -0.2) is 4.79 Å². The molecule has 0 unspecified atom stereocenters. The predicted octanol–water partition coefficient (Wildman–Crippen LogP) is 2.29. The number of rotatable bonds is 5. The largest absolute Gasteiger partial charge is 0.507 e. The maximum absolute atomic E-state index is 13.1. The lowest BCUT2D eigenvalue weighted by Gasteiger charge is -2.36. The number of benzene rings is 1. The molecule has 0 amide bonds. The van der Waals surface area contributed by atoms with E-state index in [0.29, 0.717) is 12.1 Å². The molecule has 0 bridgehead atoms. The van der Waals surface area contributed by atoms with Crippen LogP contribution in [0.4, 0.5) is 18.9 Å². The normalized spacial score (nSPS) is 17.5. The summed E-state index contributed by atoms with van der Waals surface area (Å²) in [6.07, 6.45) is -3.29. The van der Waals surface area contributed by atoms with E-state index in [1.807, 2.05) is 18.2 Å². The number of alkyl halides is 3. The minimum absolute atomic E-state index is 0.0364. The summed E-state index contributed by atoms with van der Waals surface area (Å²) in [6.45, 7) is 4.07. The Hall–Kier alpha value is -3.38. The van der Waals surface area contributed by atoms with E-state index >= 15 is 0 Å². The highest BCUT2D eigenvalue weighted by Crippen LogP contribution is 2.30. The van der Waals surface area contributed by atoms with Crippen LogP contribution in [0.2, 0.25) is 0 Å². The summed E-state index contributed by atoms with van der Waals surface area (Å²) < 4.78 is 45.5. The SMILES string of the molecule is O=c1occ(CN2CCN(c3ccccc3)CC2)c(O)c1CN1CCn2c(nnc2C(F)(F)F)C1. The van der Waals surface area contributed by atoms with Crippen molar-refractivity contribution in [2.24, 2.45) is 0 Å². The van der Waals surface area contributed by atoms with Gasteiger partial charge in [0.15, 0.2) is 0 Å². The van der Waals surface area contributed by atoms with Crippen LogP contribution in [0.3, 0.4) is 0 Å². The molecule has 0 spiro atoms. The Morgan fingerprint density at radius 2 is 1.66 bits per heavy atom. The van der Waals surface area contributed by atoms with E-state index < -0.39 is 17.6 Å². The lowest BCUT2D eigenvalue weighted by molar-refractivity contribution is -0.148. The molecule has 3 aromatic rings. The average molecular weight is 490 g/mol. The van der Waals surface area contributed by atoms with Crippen LogP contribution in [0.15, 0.2) is 45.8 Å². The van der Waals surface area contributed by atoms with Gasteiger partial charge < -0.3 is 19.0 Å². The zero-order valence-corrected chi connectivity index (χ0v) is 18.9. The third-order valence-electron chi connectivity index (χ3n) is 6.50. The zero-order valence-electron chi connectivity index (χ0n) is 18.9. The summed E-state index contributed by atoms with van der Waals surface area (Å²) in [6, 6.07) is 10.2. The highest BCUT2D eigenvalue weighted by atomic mass is 19.4. The number of hydrogen-bond donors (Lipinski definition) is 1. The van der Waals surface area contributed by atoms with Gasteiger partial charge >= 0.3 is 11.8 Å². The van der Waals surface area contributed by atoms with Gasteiger partial charge in [-0.1, -0.05) is 18.2 Å². The molecule has 2 aliphatic heterocycles. The van der Waals surface area contributed by atoms with E-state index in [2.05, 4.69) is 32.1 Å². The molecule has 186 valence electrons. The van der Waals surface area contributed by atoms with Gasteiger partial charge in [-0.2, -0.15) is 13.2 Å². The molecule has 0 radical (unpaired) electrons. The summed E-state index contributed by atoms with van der Waals surface area (Å²) >= 11 is 0. The van der Waals surface area contributed by atoms with Gasteiger partial charge in [0, 0.05) is 63.6 Å². The number of piperazine rings is 1. The van der Waals surface area contributed by atoms with Crippen molar-refractivity contribution in [2.75, 3.05) is 37.6 Å². The fourth-order valence-electron chi connectivity index (χ4n) is 4.61. The second-order valence-corrected chi connectivity index (χ2v) is 8.77. The molecule has 1 saturated heterocycles. The topological polar surface area (TPSA) is 90.9 Å². The fraction of sp³-hybridized carbons (Fsp3) is 0.435. The van der Waals surface area contributed by atoms with Crippen LogP contribution in [0.25, 0.3) is 0 Å². The van der Waals surface area contributed by atoms with E-state index in [-0.39, 0.29) is 43.3 Å². The van der Waals surface area contributed by atoms with E-state index in [0.717, 1.165) is 30.7 Å². The van der Waals surface area contributed by atoms with Gasteiger partial charge in [-0.05, 0) is 12.1 Å². The van der Waals surface area contributed by atoms with Crippen LogP contribution < -0.4 is 10.5 Å². The molecule has 2 aliphatic rings. The lowest BCUT2D eigenvalue weighted by Crippen LogP contribution is -2.46. The number of halogens is 3. The Balaban J connectivity index is 1.24. The Bertz CT molecular complexity index is 1240. The highest BCUT2D eigenvalue weighted by Gasteiger charge is 2.39. The summed E-state index contributed by atoms with van der Waals surface area (Å²) in [5.74, 6) is -0.987. The van der Waals surface area contributed by atoms with Crippen molar-refractivity contribution in [3.8, 4) is 5.75 Å². The molecule has 0 aliphatic carbocycles. The van der Waals surface area contributed by atoms with E-state index in [1.165, 1.54) is 12.0 Å². The number of nitrogens with zero attached hydrogens (tertiary/aromatic N) is 6. The molecule has 1 N–H and O–H groups in total. The van der Waals surface area contributed by atoms with Crippen molar-refractivity contribution in [2.45, 2.75) is 32.4 Å². The quantitative estimate of drug-likeness (QED) is 0.583. The van der Waals surface area contributed by atoms with Gasteiger partial charge in [0.05, 0.1) is 12.1 Å². The van der Waals surface area contributed by atoms with Crippen molar-refractivity contribution < 1.29 is 22.7 Å². The van der Waals surface area contributed by atoms with Crippen LogP contribution in [0, 0.1) is 0 Å². The highest BCUT2D eigenvalue weighted by molar-refractivity contribution is 5.46. The molecule has 2 aromatic heterocycles. The molecule has 4 heterocycles. The van der Waals surface area contributed by atoms with Crippen LogP contribution in [0.1, 0.15) is 22.8 Å². The van der Waals surface area contributed by atoms with Gasteiger partial charge in [-0.15, -0.1) is 10.2 Å². The summed E-state index contributed by atoms with van der Waals surface area (Å²) in [5.41, 5.74) is 1.10. The van der Waals surface area contributed by atoms with Gasteiger partial charge in [0.25, 0.3) is 0 Å². The van der Waals surface area contributed by atoms with Crippen molar-refractivity contribution >= 4 is 5.69 Å². The monoisotopic (exact) mass is 490 g/mol. The number of hydrogen-bond acceptors (Lipinski definition) is 8. The first-order chi connectivity index (χ1) is 16.8. The van der Waals surface area contributed by atoms with Crippen LogP contribution in [-0.4, -0.2) is 62.4 Å². The Labute approximate surface area is 199 Å². The number of aromatic nitrogens is 3. The molecule has 1 fully saturated rings. The predicted molar refractivity (Wildman–Crippen MR) is 120 cm³/mol. The van der Waals surface area contributed by atoms with Crippen LogP contribution in [-0.2, 0) is 32.4 Å². The number of anilines is 1. The van der Waals surface area contributed by atoms with Gasteiger partial charge in [0.1, 0.15) is 17.8 Å². The van der Waals surface area contributed by atoms with E-state index in [1.54, 1.807) is 4.90 Å². The Kier molecular flexibility index (Phi) is 6.24. The fourth-order valence-corrected chi connectivity index (χ4v) is 4.61. The first kappa shape index (κ1) is 23.4. The minimum Gasteiger partial charge on any atom is -0.507 e. The van der Waals surface area contributed by atoms with Gasteiger partial charge in [-0.3, -0.25) is 9.80 Å². The van der Waals surface area contributed by atoms with Crippen molar-refractivity contribution in [3.05, 3.63) is 69.8 Å². The molecule has 9 nitrogen and oxygen atoms in total. The number of para-hydroxylation sites is 1. The number of fused-ring (bicyclic) bond motifs is 1. The van der Waals surface area contributed by atoms with Crippen LogP contribution >= 0.6 is 0 Å². The molecule has 0 atom stereocenters. The lowest BCUT2D eigenvalue weighted by atomic mass is 10.1. The summed E-state index contributed by atoms with van der Waals surface area (Å²) in [4.78, 5) is 18.6. The number of aromatic hydroxyl groups is 1. The maximum Gasteiger partial charge on any atom is 0.451 e. The molecule has 5 rings (SSSR count). The summed E-state index contributed by atoms with van der Waals surface area (Å²) in [5, 5.41) is 17.8. The first-order valence-electron chi connectivity index (χ1n) is 11.4. The minimum atomic E-state index is -4.58. The van der Waals surface area contributed by atoms with E-state index in [4.69, 9.17) is 4.42 Å². The maximum atomic E-state index is 13.1. The average Bonchev–Trinajstić information content (AvgIpc) is 3.29. The third kappa shape index (κ3) is 4.89. The molecular weight excluding hydrogens is 465 g/mol. The third-order valence-corrected chi connectivity index (χ3v) is 6.50.